The summed E-state index contributed by atoms with van der Waals surface area (Å²) in [6.07, 6.45) is -3.12. The predicted molar refractivity (Wildman–Crippen MR) is 29.1 cm³/mol. The first-order valence-electron chi connectivity index (χ1n) is 2.54. The van der Waals surface area contributed by atoms with Crippen molar-refractivity contribution >= 4 is 11.1 Å². The van der Waals surface area contributed by atoms with Crippen molar-refractivity contribution in [1.82, 2.24) is 0 Å². The van der Waals surface area contributed by atoms with Crippen molar-refractivity contribution in [1.29, 1.82) is 0 Å². The van der Waals surface area contributed by atoms with Crippen LogP contribution >= 0.6 is 0 Å². The van der Waals surface area contributed by atoms with Gasteiger partial charge in [-0.2, -0.15) is 8.78 Å². The van der Waals surface area contributed by atoms with Gasteiger partial charge in [-0.3, -0.25) is 4.21 Å². The number of alkyl halides is 3. The van der Waals surface area contributed by atoms with Crippen molar-refractivity contribution in [2.24, 2.45) is 0 Å². The molecular weight excluding hydrogens is 169 g/mol. The minimum atomic E-state index is -4.24. The topological polar surface area (TPSA) is 40.1 Å². The third-order valence-electron chi connectivity index (χ3n) is 0.945. The van der Waals surface area contributed by atoms with Gasteiger partial charge >= 0.3 is 5.25 Å². The summed E-state index contributed by atoms with van der Waals surface area (Å²) < 4.78 is 55.2. The third kappa shape index (κ3) is 1.95. The number of hydrogen-bond donors (Lipinski definition) is 0. The Hall–Kier alpha value is -0.100. The lowest BCUT2D eigenvalue weighted by Gasteiger charge is -2.21. The van der Waals surface area contributed by atoms with Gasteiger partial charge in [-0.25, -0.2) is 4.39 Å². The normalized spacial score (nSPS) is 18.5. The summed E-state index contributed by atoms with van der Waals surface area (Å²) >= 11 is -3.66. The molecule has 0 N–H and O–H groups in total. The van der Waals surface area contributed by atoms with E-state index in [-0.39, 0.29) is 0 Å². The predicted octanol–water partition coefficient (Wildman–Crippen LogP) is 1.21. The fourth-order valence-corrected chi connectivity index (χ4v) is 0.718. The van der Waals surface area contributed by atoms with Crippen molar-refractivity contribution in [3.8, 4) is 0 Å². The van der Waals surface area contributed by atoms with Crippen LogP contribution in [0.1, 0.15) is 13.3 Å². The van der Waals surface area contributed by atoms with Crippen LogP contribution in [-0.2, 0) is 11.1 Å². The molecule has 0 rings (SSSR count). The molecule has 2 atom stereocenters. The van der Waals surface area contributed by atoms with Crippen molar-refractivity contribution in [3.05, 3.63) is 0 Å². The first-order chi connectivity index (χ1) is 4.42. The zero-order valence-electron chi connectivity index (χ0n) is 5.14. The van der Waals surface area contributed by atoms with Crippen LogP contribution in [-0.4, -0.2) is 20.2 Å². The smallest absolute Gasteiger partial charge is 0.339 e. The molecule has 62 valence electrons. The van der Waals surface area contributed by atoms with Crippen LogP contribution in [0, 0.1) is 0 Å². The van der Waals surface area contributed by atoms with Crippen LogP contribution in [0.5, 0.6) is 0 Å². The largest absolute Gasteiger partial charge is 0.768 e. The minimum absolute atomic E-state index is 0.513. The zero-order chi connectivity index (χ0) is 8.36. The summed E-state index contributed by atoms with van der Waals surface area (Å²) in [7, 11) is 0. The van der Waals surface area contributed by atoms with Gasteiger partial charge < -0.3 is 4.55 Å². The Bertz CT molecular complexity index is 138. The first kappa shape index (κ1) is 9.90. The van der Waals surface area contributed by atoms with Crippen LogP contribution < -0.4 is 0 Å². The van der Waals surface area contributed by atoms with E-state index in [9.17, 15) is 21.9 Å². The van der Waals surface area contributed by atoms with Gasteiger partial charge in [0.15, 0.2) is 6.17 Å². The van der Waals surface area contributed by atoms with E-state index in [4.69, 9.17) is 0 Å². The molecule has 0 aromatic heterocycles. The molecule has 10 heavy (non-hydrogen) atoms. The second kappa shape index (κ2) is 3.34. The highest BCUT2D eigenvalue weighted by atomic mass is 32.2. The third-order valence-corrected chi connectivity index (χ3v) is 1.65. The van der Waals surface area contributed by atoms with E-state index in [1.54, 1.807) is 0 Å². The monoisotopic (exact) mass is 175 g/mol. The minimum Gasteiger partial charge on any atom is -0.768 e. The van der Waals surface area contributed by atoms with Gasteiger partial charge in [0.25, 0.3) is 0 Å². The van der Waals surface area contributed by atoms with E-state index in [0.717, 1.165) is 6.92 Å². The summed E-state index contributed by atoms with van der Waals surface area (Å²) in [5.41, 5.74) is 0. The van der Waals surface area contributed by atoms with Gasteiger partial charge in [0, 0.05) is 11.1 Å². The fraction of sp³-hybridized carbons (Fsp3) is 1.00. The van der Waals surface area contributed by atoms with E-state index in [2.05, 4.69) is 0 Å². The van der Waals surface area contributed by atoms with Gasteiger partial charge in [0.1, 0.15) is 0 Å². The molecule has 0 amide bonds. The average molecular weight is 175 g/mol. The molecule has 0 spiro atoms. The maximum absolute atomic E-state index is 12.0. The van der Waals surface area contributed by atoms with E-state index in [0.29, 0.717) is 0 Å². The summed E-state index contributed by atoms with van der Waals surface area (Å²) in [4.78, 5) is 0. The van der Waals surface area contributed by atoms with E-state index < -0.39 is 28.9 Å². The van der Waals surface area contributed by atoms with Crippen molar-refractivity contribution in [3.63, 3.8) is 0 Å². The lowest BCUT2D eigenvalue weighted by atomic mass is 10.3. The molecular formula is C4H6F3O2S-. The molecule has 2 nitrogen and oxygen atoms in total. The summed E-state index contributed by atoms with van der Waals surface area (Å²) in [5.74, 6) is 0. The lowest BCUT2D eigenvalue weighted by molar-refractivity contribution is 0.00166. The maximum Gasteiger partial charge on any atom is 0.339 e. The maximum atomic E-state index is 12.0. The molecule has 0 aliphatic rings. The van der Waals surface area contributed by atoms with Crippen molar-refractivity contribution < 1.29 is 21.9 Å². The second-order valence-corrected chi connectivity index (χ2v) is 2.69. The van der Waals surface area contributed by atoms with E-state index >= 15 is 0 Å². The molecule has 0 aromatic rings. The van der Waals surface area contributed by atoms with Gasteiger partial charge in [-0.05, 0) is 6.42 Å². The van der Waals surface area contributed by atoms with Crippen LogP contribution in [0.2, 0.25) is 0 Å². The average Bonchev–Trinajstić information content (AvgIpc) is 1.86. The molecule has 0 heterocycles. The Morgan fingerprint density at radius 1 is 1.70 bits per heavy atom. The molecule has 0 saturated heterocycles. The van der Waals surface area contributed by atoms with Crippen LogP contribution in [0.3, 0.4) is 0 Å². The molecule has 2 unspecified atom stereocenters. The molecule has 0 radical (unpaired) electrons. The molecule has 0 aliphatic carbocycles. The van der Waals surface area contributed by atoms with Crippen molar-refractivity contribution in [2.75, 3.05) is 0 Å². The number of rotatable bonds is 3. The summed E-state index contributed by atoms with van der Waals surface area (Å²) in [6, 6.07) is 0. The zero-order valence-corrected chi connectivity index (χ0v) is 5.96. The van der Waals surface area contributed by atoms with Crippen LogP contribution in [0.15, 0.2) is 0 Å². The Morgan fingerprint density at radius 2 is 2.10 bits per heavy atom. The molecule has 0 saturated carbocycles. The quantitative estimate of drug-likeness (QED) is 0.605. The first-order valence-corrected chi connectivity index (χ1v) is 3.61. The molecule has 0 fully saturated rings. The van der Waals surface area contributed by atoms with E-state index in [1.165, 1.54) is 0 Å². The van der Waals surface area contributed by atoms with Gasteiger partial charge in [-0.15, -0.1) is 0 Å². The Kier molecular flexibility index (Phi) is 3.30. The lowest BCUT2D eigenvalue weighted by Crippen LogP contribution is -2.34. The highest BCUT2D eigenvalue weighted by molar-refractivity contribution is 7.80. The Labute approximate surface area is 58.7 Å². The molecule has 0 aromatic carbocycles. The summed E-state index contributed by atoms with van der Waals surface area (Å²) in [6.45, 7) is 1.14. The number of hydrogen-bond acceptors (Lipinski definition) is 2. The van der Waals surface area contributed by atoms with Gasteiger partial charge in [0.05, 0.1) is 0 Å². The van der Waals surface area contributed by atoms with Crippen LogP contribution in [0.25, 0.3) is 0 Å². The fourth-order valence-electron chi connectivity index (χ4n) is 0.342. The standard InChI is InChI=1S/C4H7F3O2S/c1-2-3(5)4(6,7)10(8)9/h3H,2H2,1H3,(H,8,9)/p-1. The van der Waals surface area contributed by atoms with E-state index in [1.807, 2.05) is 0 Å². The number of halogens is 3. The van der Waals surface area contributed by atoms with Gasteiger partial charge in [-0.1, -0.05) is 6.92 Å². The van der Waals surface area contributed by atoms with Crippen molar-refractivity contribution in [2.45, 2.75) is 24.8 Å². The SMILES string of the molecule is CCC(F)C(F)(F)S(=O)[O-]. The highest BCUT2D eigenvalue weighted by Crippen LogP contribution is 2.26. The second-order valence-electron chi connectivity index (χ2n) is 1.67. The highest BCUT2D eigenvalue weighted by Gasteiger charge is 2.40. The molecule has 6 heteroatoms. The Morgan fingerprint density at radius 3 is 2.20 bits per heavy atom. The molecule has 0 bridgehead atoms. The molecule has 0 aliphatic heterocycles. The summed E-state index contributed by atoms with van der Waals surface area (Å²) in [5, 5.41) is -4.24. The Balaban J connectivity index is 4.23. The van der Waals surface area contributed by atoms with Crippen LogP contribution in [0.4, 0.5) is 13.2 Å². The van der Waals surface area contributed by atoms with Gasteiger partial charge in [0.2, 0.25) is 0 Å².